The van der Waals surface area contributed by atoms with Gasteiger partial charge in [0.25, 0.3) is 5.91 Å². The van der Waals surface area contributed by atoms with Gasteiger partial charge < -0.3 is 19.9 Å². The number of amides is 2. The molecule has 1 aliphatic carbocycles. The first kappa shape index (κ1) is 22.0. The van der Waals surface area contributed by atoms with Gasteiger partial charge in [0, 0.05) is 43.5 Å². The Bertz CT molecular complexity index is 1140. The molecule has 6 nitrogen and oxygen atoms in total. The molecule has 0 radical (unpaired) electrons. The van der Waals surface area contributed by atoms with E-state index in [9.17, 15) is 9.59 Å². The minimum atomic E-state index is -0.219. The predicted molar refractivity (Wildman–Crippen MR) is 133 cm³/mol. The second-order valence-corrected chi connectivity index (χ2v) is 8.85. The summed E-state index contributed by atoms with van der Waals surface area (Å²) in [6.45, 7) is 3.36. The third-order valence-electron chi connectivity index (χ3n) is 6.33. The van der Waals surface area contributed by atoms with Gasteiger partial charge in [-0.15, -0.1) is 0 Å². The van der Waals surface area contributed by atoms with E-state index >= 15 is 0 Å². The third-order valence-corrected chi connectivity index (χ3v) is 6.33. The normalized spacial score (nSPS) is 16.0. The van der Waals surface area contributed by atoms with Crippen molar-refractivity contribution in [1.29, 1.82) is 0 Å². The number of ether oxygens (including phenoxy) is 1. The average molecular weight is 456 g/mol. The topological polar surface area (TPSA) is 61.9 Å². The molecule has 174 valence electrons. The Morgan fingerprint density at radius 3 is 2.29 bits per heavy atom. The van der Waals surface area contributed by atoms with Crippen LogP contribution in [0.15, 0.2) is 78.9 Å². The molecule has 1 N–H and O–H groups in total. The predicted octanol–water partition coefficient (Wildman–Crippen LogP) is 5.18. The van der Waals surface area contributed by atoms with Crippen LogP contribution < -0.4 is 15.0 Å². The molecule has 3 aromatic rings. The number of hydrogen-bond donors (Lipinski definition) is 1. The molecule has 1 heterocycles. The summed E-state index contributed by atoms with van der Waals surface area (Å²) in [5, 5.41) is 2.98. The second kappa shape index (κ2) is 10.00. The first-order chi connectivity index (χ1) is 16.7. The fourth-order valence-corrected chi connectivity index (χ4v) is 4.30. The molecule has 0 bridgehead atoms. The summed E-state index contributed by atoms with van der Waals surface area (Å²) in [6.07, 6.45) is 3.07. The number of carbonyl (C=O) groups is 2. The zero-order valence-electron chi connectivity index (χ0n) is 19.2. The van der Waals surface area contributed by atoms with Crippen LogP contribution in [0.25, 0.3) is 0 Å². The summed E-state index contributed by atoms with van der Waals surface area (Å²) in [7, 11) is 0. The largest absolute Gasteiger partial charge is 0.457 e. The van der Waals surface area contributed by atoms with Crippen molar-refractivity contribution in [3.8, 4) is 11.5 Å². The molecule has 0 unspecified atom stereocenters. The van der Waals surface area contributed by atoms with Gasteiger partial charge in [-0.25, -0.2) is 0 Å². The summed E-state index contributed by atoms with van der Waals surface area (Å²) < 4.78 is 5.93. The van der Waals surface area contributed by atoms with Gasteiger partial charge in [-0.3, -0.25) is 9.59 Å². The Hall–Kier alpha value is -3.80. The highest BCUT2D eigenvalue weighted by molar-refractivity contribution is 6.06. The van der Waals surface area contributed by atoms with E-state index in [-0.39, 0.29) is 11.8 Å². The fraction of sp³-hybridized carbons (Fsp3) is 0.286. The van der Waals surface area contributed by atoms with E-state index in [1.165, 1.54) is 0 Å². The van der Waals surface area contributed by atoms with Crippen LogP contribution in [0.2, 0.25) is 0 Å². The van der Waals surface area contributed by atoms with E-state index in [1.807, 2.05) is 71.6 Å². The molecule has 0 atom stereocenters. The quantitative estimate of drug-likeness (QED) is 0.556. The van der Waals surface area contributed by atoms with Gasteiger partial charge in [0.1, 0.15) is 11.5 Å². The molecule has 6 heteroatoms. The SMILES string of the molecule is O=C(Nc1ccc(N2CCCN(C(=O)C3CC3)CC2)cc1)c1ccccc1Oc1ccccc1. The standard InChI is InChI=1S/C28H29N3O3/c32-27(25-9-4-5-10-26(25)34-24-7-2-1-3-8-24)29-22-13-15-23(16-14-22)30-17-6-18-31(20-19-30)28(33)21-11-12-21/h1-5,7-10,13-16,21H,6,11-12,17-20H2,(H,29,32). The van der Waals surface area contributed by atoms with E-state index in [4.69, 9.17) is 4.74 Å². The number of benzene rings is 3. The van der Waals surface area contributed by atoms with Crippen molar-refractivity contribution in [3.63, 3.8) is 0 Å². The molecular formula is C28H29N3O3. The number of rotatable bonds is 6. The maximum atomic E-state index is 13.0. The molecule has 1 aliphatic heterocycles. The zero-order valence-corrected chi connectivity index (χ0v) is 19.2. The molecule has 1 saturated carbocycles. The van der Waals surface area contributed by atoms with Gasteiger partial charge in [0.05, 0.1) is 5.56 Å². The van der Waals surface area contributed by atoms with Crippen LogP contribution in [0.4, 0.5) is 11.4 Å². The van der Waals surface area contributed by atoms with E-state index in [1.54, 1.807) is 12.1 Å². The summed E-state index contributed by atoms with van der Waals surface area (Å²) in [5.74, 6) is 1.58. The zero-order chi connectivity index (χ0) is 23.3. The first-order valence-electron chi connectivity index (χ1n) is 11.9. The Labute approximate surface area is 200 Å². The molecule has 5 rings (SSSR count). The highest BCUT2D eigenvalue weighted by Gasteiger charge is 2.33. The van der Waals surface area contributed by atoms with Gasteiger partial charge in [-0.2, -0.15) is 0 Å². The lowest BCUT2D eigenvalue weighted by molar-refractivity contribution is -0.132. The van der Waals surface area contributed by atoms with E-state index in [0.717, 1.165) is 56.8 Å². The van der Waals surface area contributed by atoms with Crippen molar-refractivity contribution < 1.29 is 14.3 Å². The second-order valence-electron chi connectivity index (χ2n) is 8.85. The van der Waals surface area contributed by atoms with Crippen LogP contribution in [0.1, 0.15) is 29.6 Å². The molecule has 2 amide bonds. The molecule has 2 fully saturated rings. The van der Waals surface area contributed by atoms with Crippen molar-refractivity contribution in [2.75, 3.05) is 36.4 Å². The molecular weight excluding hydrogens is 426 g/mol. The molecule has 1 saturated heterocycles. The lowest BCUT2D eigenvalue weighted by Gasteiger charge is -2.24. The first-order valence-corrected chi connectivity index (χ1v) is 11.9. The van der Waals surface area contributed by atoms with Gasteiger partial charge in [0.2, 0.25) is 5.91 Å². The Balaban J connectivity index is 1.22. The Morgan fingerprint density at radius 2 is 1.53 bits per heavy atom. The highest BCUT2D eigenvalue weighted by atomic mass is 16.5. The number of nitrogens with one attached hydrogen (secondary N) is 1. The van der Waals surface area contributed by atoms with E-state index in [2.05, 4.69) is 10.2 Å². The van der Waals surface area contributed by atoms with E-state index in [0.29, 0.717) is 23.0 Å². The van der Waals surface area contributed by atoms with Crippen LogP contribution in [0, 0.1) is 5.92 Å². The fourth-order valence-electron chi connectivity index (χ4n) is 4.30. The number of para-hydroxylation sites is 2. The Kier molecular flexibility index (Phi) is 6.47. The van der Waals surface area contributed by atoms with Crippen molar-refractivity contribution in [3.05, 3.63) is 84.4 Å². The van der Waals surface area contributed by atoms with Crippen LogP contribution >= 0.6 is 0 Å². The summed E-state index contributed by atoms with van der Waals surface area (Å²) in [5.41, 5.74) is 2.30. The highest BCUT2D eigenvalue weighted by Crippen LogP contribution is 2.31. The van der Waals surface area contributed by atoms with Gasteiger partial charge in [0.15, 0.2) is 0 Å². The lowest BCUT2D eigenvalue weighted by atomic mass is 10.1. The number of hydrogen-bond acceptors (Lipinski definition) is 4. The molecule has 34 heavy (non-hydrogen) atoms. The van der Waals surface area contributed by atoms with E-state index < -0.39 is 0 Å². The molecule has 0 spiro atoms. The maximum absolute atomic E-state index is 13.0. The smallest absolute Gasteiger partial charge is 0.259 e. The van der Waals surface area contributed by atoms with Gasteiger partial charge in [-0.1, -0.05) is 30.3 Å². The number of nitrogens with zero attached hydrogens (tertiary/aromatic N) is 2. The van der Waals surface area contributed by atoms with Crippen LogP contribution in [-0.4, -0.2) is 42.9 Å². The summed E-state index contributed by atoms with van der Waals surface area (Å²) in [4.78, 5) is 29.7. The monoisotopic (exact) mass is 455 g/mol. The molecule has 3 aromatic carbocycles. The van der Waals surface area contributed by atoms with Crippen molar-refractivity contribution in [2.45, 2.75) is 19.3 Å². The third kappa shape index (κ3) is 5.22. The minimum absolute atomic E-state index is 0.219. The summed E-state index contributed by atoms with van der Waals surface area (Å²) >= 11 is 0. The van der Waals surface area contributed by atoms with Gasteiger partial charge in [-0.05, 0) is 67.8 Å². The van der Waals surface area contributed by atoms with Crippen LogP contribution in [0.5, 0.6) is 11.5 Å². The van der Waals surface area contributed by atoms with Crippen molar-refractivity contribution >= 4 is 23.2 Å². The molecule has 0 aromatic heterocycles. The minimum Gasteiger partial charge on any atom is -0.457 e. The lowest BCUT2D eigenvalue weighted by Crippen LogP contribution is -2.36. The average Bonchev–Trinajstić information content (AvgIpc) is 3.73. The van der Waals surface area contributed by atoms with Crippen molar-refractivity contribution in [2.24, 2.45) is 5.92 Å². The van der Waals surface area contributed by atoms with Crippen molar-refractivity contribution in [1.82, 2.24) is 4.90 Å². The number of anilines is 2. The van der Waals surface area contributed by atoms with Crippen LogP contribution in [0.3, 0.4) is 0 Å². The maximum Gasteiger partial charge on any atom is 0.259 e. The number of carbonyl (C=O) groups excluding carboxylic acids is 2. The van der Waals surface area contributed by atoms with Gasteiger partial charge >= 0.3 is 0 Å². The summed E-state index contributed by atoms with van der Waals surface area (Å²) in [6, 6.07) is 24.6. The molecule has 2 aliphatic rings. The Morgan fingerprint density at radius 1 is 0.794 bits per heavy atom. The van der Waals surface area contributed by atoms with Crippen LogP contribution in [-0.2, 0) is 4.79 Å².